The van der Waals surface area contributed by atoms with Crippen LogP contribution in [0.2, 0.25) is 0 Å². The predicted molar refractivity (Wildman–Crippen MR) is 143 cm³/mol. The van der Waals surface area contributed by atoms with Gasteiger partial charge >= 0.3 is 0 Å². The number of carbonyl (C=O) groups is 1. The number of fused-ring (bicyclic) bond motifs is 3. The Morgan fingerprint density at radius 1 is 0.833 bits per heavy atom. The van der Waals surface area contributed by atoms with Gasteiger partial charge < -0.3 is 14.7 Å². The van der Waals surface area contributed by atoms with Gasteiger partial charge in [-0.3, -0.25) is 4.79 Å². The topological polar surface area (TPSA) is 26.8 Å². The third-order valence-corrected chi connectivity index (χ3v) is 8.07. The van der Waals surface area contributed by atoms with Crippen LogP contribution in [-0.2, 0) is 4.79 Å². The van der Waals surface area contributed by atoms with Gasteiger partial charge in [0.25, 0.3) is 0 Å². The molecule has 7 heteroatoms. The van der Waals surface area contributed by atoms with Crippen LogP contribution >= 0.6 is 12.4 Å². The van der Waals surface area contributed by atoms with Gasteiger partial charge in [-0.1, -0.05) is 19.3 Å². The molecule has 1 amide bonds. The minimum atomic E-state index is -0.237. The van der Waals surface area contributed by atoms with E-state index in [-0.39, 0.29) is 36.0 Å². The van der Waals surface area contributed by atoms with E-state index in [2.05, 4.69) is 9.80 Å². The van der Waals surface area contributed by atoms with Gasteiger partial charge in [0.1, 0.15) is 11.6 Å². The summed E-state index contributed by atoms with van der Waals surface area (Å²) in [6.07, 6.45) is 9.87. The summed E-state index contributed by atoms with van der Waals surface area (Å²) in [4.78, 5) is 18.8. The first-order chi connectivity index (χ1) is 17.1. The molecule has 0 bridgehead atoms. The number of amides is 1. The molecule has 2 saturated heterocycles. The van der Waals surface area contributed by atoms with Crippen LogP contribution in [0.3, 0.4) is 0 Å². The van der Waals surface area contributed by atoms with Crippen molar-refractivity contribution in [2.24, 2.45) is 0 Å². The largest absolute Gasteiger partial charge is 0.343 e. The smallest absolute Gasteiger partial charge is 0.222 e. The normalized spacial score (nSPS) is 21.8. The summed E-state index contributed by atoms with van der Waals surface area (Å²) < 4.78 is 27.7. The van der Waals surface area contributed by atoms with Crippen molar-refractivity contribution in [2.75, 3.05) is 37.6 Å². The Labute approximate surface area is 220 Å². The lowest BCUT2D eigenvalue weighted by Crippen LogP contribution is -2.45. The van der Waals surface area contributed by atoms with E-state index >= 15 is 0 Å². The van der Waals surface area contributed by atoms with Crippen molar-refractivity contribution >= 4 is 29.7 Å². The Kier molecular flexibility index (Phi) is 9.24. The SMILES string of the molecule is Cl.O=C1CCCCN1CCCCCCCN1CCC2C(C1)c1cc(F)ccc1N2c1ccc(F)cc1. The molecule has 4 nitrogen and oxygen atoms in total. The lowest BCUT2D eigenvalue weighted by atomic mass is 9.88. The first kappa shape index (κ1) is 26.9. The third-order valence-electron chi connectivity index (χ3n) is 8.07. The molecule has 196 valence electrons. The molecule has 2 aromatic carbocycles. The molecule has 2 atom stereocenters. The quantitative estimate of drug-likeness (QED) is 0.348. The first-order valence-corrected chi connectivity index (χ1v) is 13.4. The number of carbonyl (C=O) groups excluding carboxylic acids is 1. The molecule has 2 fully saturated rings. The highest BCUT2D eigenvalue weighted by atomic mass is 35.5. The van der Waals surface area contributed by atoms with E-state index in [1.54, 1.807) is 6.07 Å². The van der Waals surface area contributed by atoms with Crippen LogP contribution < -0.4 is 4.90 Å². The predicted octanol–water partition coefficient (Wildman–Crippen LogP) is 6.66. The standard InChI is InChI=1S/C29H37F2N3O.ClH/c30-22-9-12-24(13-10-22)34-27-14-11-23(31)20-25(27)26-21-32(19-15-28(26)34)16-5-2-1-3-6-17-33-18-7-4-8-29(33)35;/h9-14,20,26,28H,1-8,15-19,21H2;1H. The third kappa shape index (κ3) is 6.03. The van der Waals surface area contributed by atoms with Gasteiger partial charge in [0.15, 0.2) is 0 Å². The number of anilines is 2. The van der Waals surface area contributed by atoms with Gasteiger partial charge in [-0.2, -0.15) is 0 Å². The molecule has 36 heavy (non-hydrogen) atoms. The number of rotatable bonds is 9. The Morgan fingerprint density at radius 3 is 2.33 bits per heavy atom. The lowest BCUT2D eigenvalue weighted by Gasteiger charge is -2.39. The fourth-order valence-electron chi connectivity index (χ4n) is 6.24. The Morgan fingerprint density at radius 2 is 1.56 bits per heavy atom. The highest BCUT2D eigenvalue weighted by molar-refractivity contribution is 5.85. The Balaban J connectivity index is 0.00000304. The second-order valence-corrected chi connectivity index (χ2v) is 10.4. The van der Waals surface area contributed by atoms with Gasteiger partial charge in [-0.25, -0.2) is 8.78 Å². The van der Waals surface area contributed by atoms with Gasteiger partial charge in [-0.15, -0.1) is 12.4 Å². The average Bonchev–Trinajstić information content (AvgIpc) is 3.18. The van der Waals surface area contributed by atoms with Crippen LogP contribution in [0.4, 0.5) is 20.2 Å². The fourth-order valence-corrected chi connectivity index (χ4v) is 6.24. The number of likely N-dealkylation sites (tertiary alicyclic amines) is 2. The summed E-state index contributed by atoms with van der Waals surface area (Å²) >= 11 is 0. The van der Waals surface area contributed by atoms with Gasteiger partial charge in [0, 0.05) is 55.9 Å². The van der Waals surface area contributed by atoms with Crippen molar-refractivity contribution in [2.45, 2.75) is 69.7 Å². The average molecular weight is 518 g/mol. The van der Waals surface area contributed by atoms with Crippen LogP contribution in [0.1, 0.15) is 69.3 Å². The summed E-state index contributed by atoms with van der Waals surface area (Å²) in [5.41, 5.74) is 3.12. The second-order valence-electron chi connectivity index (χ2n) is 10.4. The van der Waals surface area contributed by atoms with Crippen LogP contribution in [0, 0.1) is 11.6 Å². The summed E-state index contributed by atoms with van der Waals surface area (Å²) in [7, 11) is 0. The molecule has 2 unspecified atom stereocenters. The van der Waals surface area contributed by atoms with Crippen molar-refractivity contribution < 1.29 is 13.6 Å². The van der Waals surface area contributed by atoms with Crippen LogP contribution in [0.25, 0.3) is 0 Å². The maximum absolute atomic E-state index is 14.2. The van der Waals surface area contributed by atoms with Crippen molar-refractivity contribution in [1.29, 1.82) is 0 Å². The number of hydrogen-bond acceptors (Lipinski definition) is 3. The minimum Gasteiger partial charge on any atom is -0.343 e. The van der Waals surface area contributed by atoms with Crippen LogP contribution in [0.15, 0.2) is 42.5 Å². The van der Waals surface area contributed by atoms with E-state index in [4.69, 9.17) is 0 Å². The van der Waals surface area contributed by atoms with E-state index in [1.165, 1.54) is 43.9 Å². The Bertz CT molecular complexity index is 1020. The zero-order valence-electron chi connectivity index (χ0n) is 21.0. The molecule has 3 heterocycles. The molecule has 0 saturated carbocycles. The number of halogens is 3. The molecule has 2 aromatic rings. The van der Waals surface area contributed by atoms with Gasteiger partial charge in [0.2, 0.25) is 5.91 Å². The summed E-state index contributed by atoms with van der Waals surface area (Å²) in [5.74, 6) is 0.179. The number of hydrogen-bond donors (Lipinski definition) is 0. The molecule has 0 radical (unpaired) electrons. The monoisotopic (exact) mass is 517 g/mol. The summed E-state index contributed by atoms with van der Waals surface area (Å²) in [6.45, 7) is 4.92. The molecule has 0 aliphatic carbocycles. The van der Waals surface area contributed by atoms with Gasteiger partial charge in [0.05, 0.1) is 0 Å². The molecule has 3 aliphatic heterocycles. The number of benzene rings is 2. The summed E-state index contributed by atoms with van der Waals surface area (Å²) in [6, 6.07) is 12.1. The minimum absolute atomic E-state index is 0. The number of piperidine rings is 2. The maximum atomic E-state index is 14.2. The van der Waals surface area contributed by atoms with E-state index in [1.807, 2.05) is 23.1 Å². The molecule has 0 aromatic heterocycles. The van der Waals surface area contributed by atoms with E-state index < -0.39 is 0 Å². The zero-order chi connectivity index (χ0) is 24.2. The summed E-state index contributed by atoms with van der Waals surface area (Å²) in [5, 5.41) is 0. The molecule has 0 spiro atoms. The molecular weight excluding hydrogens is 480 g/mol. The highest BCUT2D eigenvalue weighted by Crippen LogP contribution is 2.48. The molecule has 0 N–H and O–H groups in total. The zero-order valence-corrected chi connectivity index (χ0v) is 21.8. The molecule has 5 rings (SSSR count). The second kappa shape index (κ2) is 12.4. The van der Waals surface area contributed by atoms with E-state index in [9.17, 15) is 13.6 Å². The van der Waals surface area contributed by atoms with Crippen molar-refractivity contribution in [3.63, 3.8) is 0 Å². The van der Waals surface area contributed by atoms with Crippen LogP contribution in [-0.4, -0.2) is 54.5 Å². The molecule has 3 aliphatic rings. The maximum Gasteiger partial charge on any atom is 0.222 e. The fraction of sp³-hybridized carbons (Fsp3) is 0.552. The number of nitrogens with zero attached hydrogens (tertiary/aromatic N) is 3. The van der Waals surface area contributed by atoms with Crippen molar-refractivity contribution in [1.82, 2.24) is 9.80 Å². The van der Waals surface area contributed by atoms with E-state index in [0.29, 0.717) is 5.91 Å². The lowest BCUT2D eigenvalue weighted by molar-refractivity contribution is -0.133. The van der Waals surface area contributed by atoms with Crippen molar-refractivity contribution in [3.8, 4) is 0 Å². The first-order valence-electron chi connectivity index (χ1n) is 13.4. The Hall–Kier alpha value is -2.18. The van der Waals surface area contributed by atoms with E-state index in [0.717, 1.165) is 81.8 Å². The van der Waals surface area contributed by atoms with Gasteiger partial charge in [-0.05, 0) is 86.7 Å². The number of unbranched alkanes of at least 4 members (excludes halogenated alkanes) is 4. The highest BCUT2D eigenvalue weighted by Gasteiger charge is 2.42. The van der Waals surface area contributed by atoms with Crippen LogP contribution in [0.5, 0.6) is 0 Å². The molecular formula is C29H38ClF2N3O. The van der Waals surface area contributed by atoms with Crippen molar-refractivity contribution in [3.05, 3.63) is 59.7 Å².